The van der Waals surface area contributed by atoms with Crippen molar-refractivity contribution in [2.24, 2.45) is 5.73 Å². The molecule has 2 nitrogen and oxygen atoms in total. The summed E-state index contributed by atoms with van der Waals surface area (Å²) in [4.78, 5) is 0. The van der Waals surface area contributed by atoms with Gasteiger partial charge in [0.1, 0.15) is 5.82 Å². The molecule has 2 N–H and O–H groups in total. The molecule has 0 aliphatic carbocycles. The van der Waals surface area contributed by atoms with Crippen molar-refractivity contribution in [1.29, 1.82) is 0 Å². The lowest BCUT2D eigenvalue weighted by Crippen LogP contribution is -2.37. The summed E-state index contributed by atoms with van der Waals surface area (Å²) in [6.07, 6.45) is 1.42. The Morgan fingerprint density at radius 2 is 2.19 bits per heavy atom. The number of hydrogen-bond acceptors (Lipinski definition) is 2. The molecule has 4 heteroatoms. The summed E-state index contributed by atoms with van der Waals surface area (Å²) in [6, 6.07) is 4.63. The Kier molecular flexibility index (Phi) is 5.19. The van der Waals surface area contributed by atoms with E-state index < -0.39 is 5.82 Å². The fraction of sp³-hybridized carbons (Fsp3) is 0.500. The smallest absolute Gasteiger partial charge is 0.142 e. The van der Waals surface area contributed by atoms with Gasteiger partial charge in [-0.3, -0.25) is 0 Å². The van der Waals surface area contributed by atoms with E-state index in [2.05, 4.69) is 0 Å². The Bertz CT molecular complexity index is 342. The van der Waals surface area contributed by atoms with Gasteiger partial charge in [0.2, 0.25) is 0 Å². The third-order valence-corrected chi connectivity index (χ3v) is 2.94. The highest BCUT2D eigenvalue weighted by atomic mass is 35.5. The fourth-order valence-electron chi connectivity index (χ4n) is 1.71. The van der Waals surface area contributed by atoms with Gasteiger partial charge in [0.05, 0.1) is 11.1 Å². The lowest BCUT2D eigenvalue weighted by molar-refractivity contribution is 0.0773. The maximum atomic E-state index is 13.2. The van der Waals surface area contributed by atoms with Crippen LogP contribution >= 0.6 is 11.6 Å². The van der Waals surface area contributed by atoms with E-state index in [0.717, 1.165) is 12.0 Å². The Labute approximate surface area is 101 Å². The first-order chi connectivity index (χ1) is 7.58. The van der Waals surface area contributed by atoms with Gasteiger partial charge >= 0.3 is 0 Å². The molecule has 1 rings (SSSR count). The average molecular weight is 246 g/mol. The highest BCUT2D eigenvalue weighted by Gasteiger charge is 2.16. The molecule has 0 fully saturated rings. The highest BCUT2D eigenvalue weighted by molar-refractivity contribution is 6.30. The lowest BCUT2D eigenvalue weighted by Gasteiger charge is -2.21. The van der Waals surface area contributed by atoms with Crippen molar-refractivity contribution in [2.45, 2.75) is 31.9 Å². The topological polar surface area (TPSA) is 35.2 Å². The SMILES string of the molecule is CCC(OC)C(N)Cc1ccc(Cl)c(F)c1. The molecule has 0 aromatic heterocycles. The van der Waals surface area contributed by atoms with Crippen LogP contribution in [0.25, 0.3) is 0 Å². The number of methoxy groups -OCH3 is 1. The van der Waals surface area contributed by atoms with Gasteiger partial charge in [0, 0.05) is 13.2 Å². The van der Waals surface area contributed by atoms with E-state index >= 15 is 0 Å². The van der Waals surface area contributed by atoms with E-state index in [-0.39, 0.29) is 17.2 Å². The van der Waals surface area contributed by atoms with Gasteiger partial charge < -0.3 is 10.5 Å². The molecular formula is C12H17ClFNO. The maximum absolute atomic E-state index is 13.2. The zero-order valence-corrected chi connectivity index (χ0v) is 10.3. The quantitative estimate of drug-likeness (QED) is 0.866. The van der Waals surface area contributed by atoms with Crippen LogP contribution in [0.5, 0.6) is 0 Å². The first-order valence-electron chi connectivity index (χ1n) is 5.30. The van der Waals surface area contributed by atoms with Crippen LogP contribution in [0, 0.1) is 5.82 Å². The summed E-state index contributed by atoms with van der Waals surface area (Å²) in [5.41, 5.74) is 6.82. The summed E-state index contributed by atoms with van der Waals surface area (Å²) >= 11 is 5.60. The average Bonchev–Trinajstić information content (AvgIpc) is 2.25. The van der Waals surface area contributed by atoms with Gasteiger partial charge in [-0.1, -0.05) is 24.6 Å². The van der Waals surface area contributed by atoms with Gasteiger partial charge in [-0.05, 0) is 30.5 Å². The third kappa shape index (κ3) is 3.44. The summed E-state index contributed by atoms with van der Waals surface area (Å²) in [7, 11) is 1.64. The van der Waals surface area contributed by atoms with Crippen molar-refractivity contribution in [3.05, 3.63) is 34.6 Å². The predicted molar refractivity (Wildman–Crippen MR) is 64.2 cm³/mol. The zero-order valence-electron chi connectivity index (χ0n) is 9.54. The van der Waals surface area contributed by atoms with Crippen LogP contribution in [0.4, 0.5) is 4.39 Å². The highest BCUT2D eigenvalue weighted by Crippen LogP contribution is 2.17. The molecule has 0 radical (unpaired) electrons. The van der Waals surface area contributed by atoms with E-state index in [9.17, 15) is 4.39 Å². The molecule has 2 unspecified atom stereocenters. The molecule has 0 heterocycles. The number of rotatable bonds is 5. The van der Waals surface area contributed by atoms with E-state index in [1.165, 1.54) is 6.07 Å². The molecule has 2 atom stereocenters. The van der Waals surface area contributed by atoms with Gasteiger partial charge in [-0.2, -0.15) is 0 Å². The standard InChI is InChI=1S/C12H17ClFNO/c1-3-12(16-2)11(15)7-8-4-5-9(13)10(14)6-8/h4-6,11-12H,3,7,15H2,1-2H3. The molecule has 0 amide bonds. The van der Waals surface area contributed by atoms with Crippen LogP contribution < -0.4 is 5.73 Å². The molecule has 16 heavy (non-hydrogen) atoms. The molecule has 0 saturated heterocycles. The van der Waals surface area contributed by atoms with Crippen LogP contribution in [-0.4, -0.2) is 19.3 Å². The molecular weight excluding hydrogens is 229 g/mol. The minimum absolute atomic E-state index is 0.00117. The molecule has 0 aliphatic rings. The second-order valence-corrected chi connectivity index (χ2v) is 4.21. The Balaban J connectivity index is 2.69. The van der Waals surface area contributed by atoms with Crippen molar-refractivity contribution in [1.82, 2.24) is 0 Å². The second-order valence-electron chi connectivity index (χ2n) is 3.80. The summed E-state index contributed by atoms with van der Waals surface area (Å²) in [5, 5.41) is 0.135. The van der Waals surface area contributed by atoms with Crippen LogP contribution in [0.1, 0.15) is 18.9 Å². The van der Waals surface area contributed by atoms with Crippen molar-refractivity contribution in [3.63, 3.8) is 0 Å². The van der Waals surface area contributed by atoms with Gasteiger partial charge in [-0.25, -0.2) is 4.39 Å². The number of halogens is 2. The molecule has 0 bridgehead atoms. The molecule has 1 aromatic rings. The Morgan fingerprint density at radius 3 is 2.69 bits per heavy atom. The monoisotopic (exact) mass is 245 g/mol. The molecule has 0 aliphatic heterocycles. The molecule has 0 spiro atoms. The van der Waals surface area contributed by atoms with E-state index in [0.29, 0.717) is 6.42 Å². The third-order valence-electron chi connectivity index (χ3n) is 2.64. The van der Waals surface area contributed by atoms with Crippen LogP contribution in [0.15, 0.2) is 18.2 Å². The van der Waals surface area contributed by atoms with Crippen molar-refractivity contribution in [2.75, 3.05) is 7.11 Å². The maximum Gasteiger partial charge on any atom is 0.142 e. The number of ether oxygens (including phenoxy) is 1. The van der Waals surface area contributed by atoms with Gasteiger partial charge in [0.15, 0.2) is 0 Å². The van der Waals surface area contributed by atoms with E-state index in [4.69, 9.17) is 22.1 Å². The van der Waals surface area contributed by atoms with E-state index in [1.807, 2.05) is 6.92 Å². The summed E-state index contributed by atoms with van der Waals surface area (Å²) < 4.78 is 18.4. The number of hydrogen-bond donors (Lipinski definition) is 1. The Hall–Kier alpha value is -0.640. The van der Waals surface area contributed by atoms with Crippen molar-refractivity contribution in [3.8, 4) is 0 Å². The number of nitrogens with two attached hydrogens (primary N) is 1. The summed E-state index contributed by atoms with van der Waals surface area (Å²) in [6.45, 7) is 2.01. The number of benzene rings is 1. The van der Waals surface area contributed by atoms with Crippen LogP contribution in [-0.2, 0) is 11.2 Å². The minimum Gasteiger partial charge on any atom is -0.380 e. The molecule has 1 aromatic carbocycles. The second kappa shape index (κ2) is 6.18. The fourth-order valence-corrected chi connectivity index (χ4v) is 1.83. The summed E-state index contributed by atoms with van der Waals surface area (Å²) in [5.74, 6) is -0.406. The minimum atomic E-state index is -0.406. The van der Waals surface area contributed by atoms with Crippen LogP contribution in [0.2, 0.25) is 5.02 Å². The predicted octanol–water partition coefficient (Wildman–Crippen LogP) is 2.77. The van der Waals surface area contributed by atoms with Crippen LogP contribution in [0.3, 0.4) is 0 Å². The molecule has 90 valence electrons. The van der Waals surface area contributed by atoms with Crippen molar-refractivity contribution < 1.29 is 9.13 Å². The first-order valence-corrected chi connectivity index (χ1v) is 5.68. The molecule has 0 saturated carbocycles. The Morgan fingerprint density at radius 1 is 1.50 bits per heavy atom. The van der Waals surface area contributed by atoms with Gasteiger partial charge in [0.25, 0.3) is 0 Å². The van der Waals surface area contributed by atoms with E-state index in [1.54, 1.807) is 19.2 Å². The normalized spacial score (nSPS) is 14.8. The largest absolute Gasteiger partial charge is 0.380 e. The first kappa shape index (κ1) is 13.4. The van der Waals surface area contributed by atoms with Gasteiger partial charge in [-0.15, -0.1) is 0 Å². The van der Waals surface area contributed by atoms with Crippen molar-refractivity contribution >= 4 is 11.6 Å². The lowest BCUT2D eigenvalue weighted by atomic mass is 10.0. The zero-order chi connectivity index (χ0) is 12.1.